The van der Waals surface area contributed by atoms with Crippen LogP contribution in [-0.4, -0.2) is 18.2 Å². The average Bonchev–Trinajstić information content (AvgIpc) is 2.15. The minimum Gasteiger partial charge on any atom is -0.496 e. The Hall–Kier alpha value is -0.990. The number of aryl methyl sites for hydroxylation is 1. The first-order valence-corrected chi connectivity index (χ1v) is 5.49. The summed E-state index contributed by atoms with van der Waals surface area (Å²) in [7, 11) is -0.707. The summed E-state index contributed by atoms with van der Waals surface area (Å²) in [5.74, 6) is 0.0424. The molecule has 0 amide bonds. The van der Waals surface area contributed by atoms with Crippen LogP contribution >= 0.6 is 8.03 Å². The van der Waals surface area contributed by atoms with Crippen LogP contribution in [0.25, 0.3) is 0 Å². The fourth-order valence-corrected chi connectivity index (χ4v) is 1.57. The molecule has 1 unspecified atom stereocenters. The van der Waals surface area contributed by atoms with Crippen LogP contribution in [0.2, 0.25) is 0 Å². The van der Waals surface area contributed by atoms with E-state index >= 15 is 0 Å². The van der Waals surface area contributed by atoms with Crippen LogP contribution in [0.15, 0.2) is 18.2 Å². The van der Waals surface area contributed by atoms with Crippen LogP contribution in [-0.2, 0) is 11.0 Å². The summed E-state index contributed by atoms with van der Waals surface area (Å²) in [6, 6.07) is 4.13. The molecule has 1 atom stereocenters. The molecule has 0 aliphatic rings. The highest BCUT2D eigenvalue weighted by Crippen LogP contribution is 2.23. The SMILES string of the molecule is COc1cc(F)ccc1CC[P+](=O)O. The van der Waals surface area contributed by atoms with Crippen LogP contribution in [0, 0.1) is 5.82 Å². The molecule has 0 radical (unpaired) electrons. The zero-order valence-electron chi connectivity index (χ0n) is 7.74. The van der Waals surface area contributed by atoms with Gasteiger partial charge in [0.15, 0.2) is 6.16 Å². The molecule has 0 aromatic heterocycles. The fraction of sp³-hybridized carbons (Fsp3) is 0.333. The Labute approximate surface area is 82.4 Å². The van der Waals surface area contributed by atoms with Crippen molar-refractivity contribution in [3.8, 4) is 5.75 Å². The average molecular weight is 217 g/mol. The molecular weight excluding hydrogens is 206 g/mol. The lowest BCUT2D eigenvalue weighted by atomic mass is 10.1. The van der Waals surface area contributed by atoms with Crippen molar-refractivity contribution in [2.45, 2.75) is 6.42 Å². The van der Waals surface area contributed by atoms with Gasteiger partial charge in [-0.05, 0) is 16.2 Å². The molecule has 0 aliphatic carbocycles. The highest BCUT2D eigenvalue weighted by Gasteiger charge is 2.13. The summed E-state index contributed by atoms with van der Waals surface area (Å²) in [6.07, 6.45) is 0.576. The van der Waals surface area contributed by atoms with Gasteiger partial charge in [-0.1, -0.05) is 6.07 Å². The number of methoxy groups -OCH3 is 1. The summed E-state index contributed by atoms with van der Waals surface area (Å²) in [4.78, 5) is 8.63. The van der Waals surface area contributed by atoms with Gasteiger partial charge in [0.25, 0.3) is 0 Å². The van der Waals surface area contributed by atoms with Crippen LogP contribution in [0.3, 0.4) is 0 Å². The maximum Gasteiger partial charge on any atom is 0.505 e. The summed E-state index contributed by atoms with van der Waals surface area (Å²) in [5.41, 5.74) is 0.742. The first kappa shape index (κ1) is 11.1. The zero-order chi connectivity index (χ0) is 10.6. The van der Waals surface area contributed by atoms with Gasteiger partial charge in [-0.25, -0.2) is 4.39 Å². The second kappa shape index (κ2) is 5.03. The third kappa shape index (κ3) is 3.05. The van der Waals surface area contributed by atoms with E-state index in [2.05, 4.69) is 0 Å². The maximum absolute atomic E-state index is 12.7. The van der Waals surface area contributed by atoms with Crippen LogP contribution < -0.4 is 4.74 Å². The molecular formula is C9H11FO3P+. The Morgan fingerprint density at radius 2 is 2.29 bits per heavy atom. The van der Waals surface area contributed by atoms with E-state index in [0.29, 0.717) is 12.2 Å². The van der Waals surface area contributed by atoms with Gasteiger partial charge < -0.3 is 4.74 Å². The number of hydrogen-bond donors (Lipinski definition) is 1. The van der Waals surface area contributed by atoms with Crippen molar-refractivity contribution < 1.29 is 18.6 Å². The van der Waals surface area contributed by atoms with Crippen molar-refractivity contribution in [2.75, 3.05) is 13.3 Å². The van der Waals surface area contributed by atoms with Gasteiger partial charge in [0.1, 0.15) is 11.6 Å². The lowest BCUT2D eigenvalue weighted by Crippen LogP contribution is -1.95. The Morgan fingerprint density at radius 1 is 1.57 bits per heavy atom. The van der Waals surface area contributed by atoms with E-state index in [0.717, 1.165) is 5.56 Å². The quantitative estimate of drug-likeness (QED) is 0.785. The van der Waals surface area contributed by atoms with Crippen molar-refractivity contribution in [3.63, 3.8) is 0 Å². The molecule has 1 N–H and O–H groups in total. The van der Waals surface area contributed by atoms with E-state index in [1.807, 2.05) is 0 Å². The van der Waals surface area contributed by atoms with Gasteiger partial charge in [0.05, 0.1) is 7.11 Å². The molecule has 0 fully saturated rings. The molecule has 1 aromatic rings. The maximum atomic E-state index is 12.7. The van der Waals surface area contributed by atoms with E-state index in [9.17, 15) is 8.96 Å². The van der Waals surface area contributed by atoms with Gasteiger partial charge in [-0.15, -0.1) is 0 Å². The lowest BCUT2D eigenvalue weighted by molar-refractivity contribution is 0.406. The van der Waals surface area contributed by atoms with Gasteiger partial charge >= 0.3 is 8.03 Å². The number of benzene rings is 1. The molecule has 76 valence electrons. The van der Waals surface area contributed by atoms with Crippen LogP contribution in [0.1, 0.15) is 5.56 Å². The largest absolute Gasteiger partial charge is 0.505 e. The third-order valence-electron chi connectivity index (χ3n) is 1.82. The third-order valence-corrected chi connectivity index (χ3v) is 2.43. The molecule has 1 rings (SSSR count). The molecule has 1 aromatic carbocycles. The van der Waals surface area contributed by atoms with E-state index in [1.165, 1.54) is 19.2 Å². The minimum atomic E-state index is -2.15. The molecule has 0 saturated heterocycles. The van der Waals surface area contributed by atoms with Crippen LogP contribution in [0.5, 0.6) is 5.75 Å². The molecule has 14 heavy (non-hydrogen) atoms. The normalized spacial score (nSPS) is 11.2. The molecule has 0 aliphatic heterocycles. The van der Waals surface area contributed by atoms with Gasteiger partial charge in [0.2, 0.25) is 0 Å². The van der Waals surface area contributed by atoms with Crippen LogP contribution in [0.4, 0.5) is 4.39 Å². The summed E-state index contributed by atoms with van der Waals surface area (Å²) in [6.45, 7) is 0. The molecule has 0 saturated carbocycles. The molecule has 3 nitrogen and oxygen atoms in total. The summed E-state index contributed by atoms with van der Waals surface area (Å²) < 4.78 is 28.2. The Bertz CT molecular complexity index is 341. The van der Waals surface area contributed by atoms with Gasteiger partial charge in [-0.3, -0.25) is 0 Å². The first-order valence-electron chi connectivity index (χ1n) is 4.09. The second-order valence-electron chi connectivity index (χ2n) is 2.78. The Balaban J connectivity index is 2.80. The highest BCUT2D eigenvalue weighted by molar-refractivity contribution is 7.37. The highest BCUT2D eigenvalue weighted by atomic mass is 31.1. The summed E-state index contributed by atoms with van der Waals surface area (Å²) in [5, 5.41) is 0. The van der Waals surface area contributed by atoms with Gasteiger partial charge in [0, 0.05) is 12.5 Å². The number of hydrogen-bond acceptors (Lipinski definition) is 2. The van der Waals surface area contributed by atoms with Crippen molar-refractivity contribution >= 4 is 8.03 Å². The van der Waals surface area contributed by atoms with E-state index in [-0.39, 0.29) is 12.0 Å². The monoisotopic (exact) mass is 217 g/mol. The van der Waals surface area contributed by atoms with Crippen molar-refractivity contribution in [1.82, 2.24) is 0 Å². The van der Waals surface area contributed by atoms with Crippen molar-refractivity contribution in [2.24, 2.45) is 0 Å². The Morgan fingerprint density at radius 3 is 2.86 bits per heavy atom. The van der Waals surface area contributed by atoms with Gasteiger partial charge in [-0.2, -0.15) is 4.89 Å². The number of rotatable bonds is 4. The van der Waals surface area contributed by atoms with Crippen molar-refractivity contribution in [1.29, 1.82) is 0 Å². The molecule has 0 spiro atoms. The molecule has 0 heterocycles. The predicted molar refractivity (Wildman–Crippen MR) is 51.3 cm³/mol. The predicted octanol–water partition coefficient (Wildman–Crippen LogP) is 2.11. The molecule has 5 heteroatoms. The lowest BCUT2D eigenvalue weighted by Gasteiger charge is -2.05. The topological polar surface area (TPSA) is 46.5 Å². The van der Waals surface area contributed by atoms with E-state index in [4.69, 9.17) is 9.63 Å². The smallest absolute Gasteiger partial charge is 0.496 e. The van der Waals surface area contributed by atoms with E-state index in [1.54, 1.807) is 6.07 Å². The number of ether oxygens (including phenoxy) is 1. The standard InChI is InChI=1S/C9H10FO3P/c1-13-9-6-8(10)3-2-7(9)4-5-14(11)12/h2-3,6H,4-5H2,1H3/p+1. The fourth-order valence-electron chi connectivity index (χ4n) is 1.14. The summed E-state index contributed by atoms with van der Waals surface area (Å²) >= 11 is 0. The Kier molecular flexibility index (Phi) is 3.98. The van der Waals surface area contributed by atoms with Crippen molar-refractivity contribution in [3.05, 3.63) is 29.6 Å². The molecule has 0 bridgehead atoms. The zero-order valence-corrected chi connectivity index (χ0v) is 8.63. The minimum absolute atomic E-state index is 0.164. The first-order chi connectivity index (χ1) is 6.63. The van der Waals surface area contributed by atoms with E-state index < -0.39 is 8.03 Å². The number of halogens is 1. The second-order valence-corrected chi connectivity index (χ2v) is 3.93.